The second-order valence-corrected chi connectivity index (χ2v) is 10.4. The van der Waals surface area contributed by atoms with Crippen LogP contribution in [0.25, 0.3) is 10.9 Å². The fraction of sp³-hybridized carbons (Fsp3) is 0.345. The Hall–Kier alpha value is -4.91. The smallest absolute Gasteiger partial charge is 0.326 e. The van der Waals surface area contributed by atoms with E-state index in [2.05, 4.69) is 20.9 Å². The van der Waals surface area contributed by atoms with Gasteiger partial charge in [0.1, 0.15) is 23.9 Å². The number of phenols is 1. The number of aliphatic carboxylic acids is 1. The van der Waals surface area contributed by atoms with Gasteiger partial charge >= 0.3 is 5.97 Å². The van der Waals surface area contributed by atoms with E-state index in [4.69, 9.17) is 11.5 Å². The van der Waals surface area contributed by atoms with Crippen molar-refractivity contribution in [1.29, 1.82) is 0 Å². The summed E-state index contributed by atoms with van der Waals surface area (Å²) >= 11 is 0. The van der Waals surface area contributed by atoms with Crippen molar-refractivity contribution in [2.45, 2.75) is 57.3 Å². The SMILES string of the molecule is CC(C)C(N)C(=O)NC(Cc1ccc(O)cc1)C(=O)NC(Cc1c[nH]c2ccccc12)C(=O)NC(CC(N)=O)C(=O)O. The predicted molar refractivity (Wildman–Crippen MR) is 154 cm³/mol. The summed E-state index contributed by atoms with van der Waals surface area (Å²) < 4.78 is 0. The first-order valence-corrected chi connectivity index (χ1v) is 13.4. The molecule has 10 N–H and O–H groups in total. The molecule has 0 aliphatic carbocycles. The summed E-state index contributed by atoms with van der Waals surface area (Å²) in [6, 6.07) is 8.33. The molecule has 0 radical (unpaired) electrons. The third kappa shape index (κ3) is 8.54. The van der Waals surface area contributed by atoms with Crippen LogP contribution in [0.4, 0.5) is 0 Å². The van der Waals surface area contributed by atoms with Crippen LogP contribution < -0.4 is 27.4 Å². The van der Waals surface area contributed by atoms with Gasteiger partial charge in [-0.3, -0.25) is 19.2 Å². The van der Waals surface area contributed by atoms with Crippen LogP contribution in [-0.2, 0) is 36.8 Å². The van der Waals surface area contributed by atoms with Crippen LogP contribution in [0.5, 0.6) is 5.75 Å². The van der Waals surface area contributed by atoms with Crippen molar-refractivity contribution >= 4 is 40.5 Å². The zero-order valence-electron chi connectivity index (χ0n) is 23.3. The maximum Gasteiger partial charge on any atom is 0.326 e. The second-order valence-electron chi connectivity index (χ2n) is 10.4. The first-order chi connectivity index (χ1) is 19.8. The molecule has 13 nitrogen and oxygen atoms in total. The van der Waals surface area contributed by atoms with Gasteiger partial charge in [0.05, 0.1) is 12.5 Å². The predicted octanol–water partition coefficient (Wildman–Crippen LogP) is 0.0564. The molecule has 42 heavy (non-hydrogen) atoms. The molecule has 0 saturated carbocycles. The molecule has 0 aliphatic heterocycles. The highest BCUT2D eigenvalue weighted by Crippen LogP contribution is 2.20. The maximum atomic E-state index is 13.7. The number of amides is 4. The quantitative estimate of drug-likeness (QED) is 0.130. The first-order valence-electron chi connectivity index (χ1n) is 13.4. The van der Waals surface area contributed by atoms with Crippen LogP contribution >= 0.6 is 0 Å². The number of aromatic amines is 1. The zero-order chi connectivity index (χ0) is 31.0. The Balaban J connectivity index is 1.92. The monoisotopic (exact) mass is 580 g/mol. The lowest BCUT2D eigenvalue weighted by atomic mass is 10.00. The lowest BCUT2D eigenvalue weighted by molar-refractivity contribution is -0.143. The summed E-state index contributed by atoms with van der Waals surface area (Å²) in [7, 11) is 0. The van der Waals surface area contributed by atoms with E-state index in [0.717, 1.165) is 10.9 Å². The van der Waals surface area contributed by atoms with Crippen LogP contribution in [-0.4, -0.2) is 69.0 Å². The highest BCUT2D eigenvalue weighted by Gasteiger charge is 2.32. The van der Waals surface area contributed by atoms with Crippen molar-refractivity contribution in [3.8, 4) is 5.75 Å². The lowest BCUT2D eigenvalue weighted by Crippen LogP contribution is -2.58. The number of benzene rings is 2. The normalized spacial score (nSPS) is 14.0. The van der Waals surface area contributed by atoms with E-state index in [0.29, 0.717) is 11.1 Å². The van der Waals surface area contributed by atoms with Gasteiger partial charge in [-0.1, -0.05) is 44.2 Å². The molecular formula is C29H36N6O7. The van der Waals surface area contributed by atoms with Gasteiger partial charge < -0.3 is 42.6 Å². The highest BCUT2D eigenvalue weighted by molar-refractivity contribution is 5.95. The Morgan fingerprint density at radius 3 is 2.00 bits per heavy atom. The lowest BCUT2D eigenvalue weighted by Gasteiger charge is -2.26. The summed E-state index contributed by atoms with van der Waals surface area (Å²) in [5, 5.41) is 27.5. The molecule has 1 aromatic heterocycles. The zero-order valence-corrected chi connectivity index (χ0v) is 23.3. The fourth-order valence-electron chi connectivity index (χ4n) is 4.32. The molecule has 3 aromatic rings. The number of aromatic hydroxyl groups is 1. The largest absolute Gasteiger partial charge is 0.508 e. The number of primary amides is 1. The number of carboxylic acids is 1. The van der Waals surface area contributed by atoms with Gasteiger partial charge in [0.2, 0.25) is 23.6 Å². The van der Waals surface area contributed by atoms with Crippen molar-refractivity contribution in [2.24, 2.45) is 17.4 Å². The summed E-state index contributed by atoms with van der Waals surface area (Å²) in [4.78, 5) is 66.1. The molecule has 0 saturated heterocycles. The van der Waals surface area contributed by atoms with Gasteiger partial charge in [-0.15, -0.1) is 0 Å². The summed E-state index contributed by atoms with van der Waals surface area (Å²) in [5.74, 6) is -4.78. The number of para-hydroxylation sites is 1. The van der Waals surface area contributed by atoms with Crippen LogP contribution in [0.1, 0.15) is 31.4 Å². The molecule has 0 aliphatic rings. The summed E-state index contributed by atoms with van der Waals surface area (Å²) in [6.45, 7) is 3.51. The number of aromatic nitrogens is 1. The van der Waals surface area contributed by atoms with Crippen molar-refractivity contribution < 1.29 is 34.2 Å². The van der Waals surface area contributed by atoms with Gasteiger partial charge in [0.25, 0.3) is 0 Å². The van der Waals surface area contributed by atoms with E-state index in [1.807, 2.05) is 24.3 Å². The fourth-order valence-corrected chi connectivity index (χ4v) is 4.32. The van der Waals surface area contributed by atoms with Crippen molar-refractivity contribution in [2.75, 3.05) is 0 Å². The van der Waals surface area contributed by atoms with Gasteiger partial charge in [-0.05, 0) is 35.2 Å². The van der Waals surface area contributed by atoms with Gasteiger partial charge in [0, 0.05) is 29.9 Å². The molecule has 4 atom stereocenters. The van der Waals surface area contributed by atoms with Crippen LogP contribution in [0, 0.1) is 5.92 Å². The number of H-pyrrole nitrogens is 1. The minimum Gasteiger partial charge on any atom is -0.508 e. The third-order valence-corrected chi connectivity index (χ3v) is 6.78. The first kappa shape index (κ1) is 31.6. The van der Waals surface area contributed by atoms with Crippen molar-refractivity contribution in [3.05, 3.63) is 65.9 Å². The second kappa shape index (κ2) is 14.1. The number of hydrogen-bond acceptors (Lipinski definition) is 7. The molecule has 13 heteroatoms. The Bertz CT molecular complexity index is 1440. The van der Waals surface area contributed by atoms with Gasteiger partial charge in [-0.25, -0.2) is 4.79 Å². The molecule has 4 amide bonds. The Kier molecular flexibility index (Phi) is 10.6. The maximum absolute atomic E-state index is 13.7. The number of carbonyl (C=O) groups is 5. The van der Waals surface area contributed by atoms with Crippen LogP contribution in [0.3, 0.4) is 0 Å². The number of fused-ring (bicyclic) bond motifs is 1. The summed E-state index contributed by atoms with van der Waals surface area (Å²) in [5.41, 5.74) is 13.2. The molecule has 2 aromatic carbocycles. The molecule has 224 valence electrons. The van der Waals surface area contributed by atoms with E-state index in [1.54, 1.807) is 32.2 Å². The minimum atomic E-state index is -1.62. The third-order valence-electron chi connectivity index (χ3n) is 6.78. The topological polar surface area (TPSA) is 230 Å². The molecule has 0 spiro atoms. The molecule has 0 bridgehead atoms. The van der Waals surface area contributed by atoms with Crippen molar-refractivity contribution in [3.63, 3.8) is 0 Å². The van der Waals surface area contributed by atoms with Crippen LogP contribution in [0.2, 0.25) is 0 Å². The van der Waals surface area contributed by atoms with E-state index in [9.17, 15) is 34.2 Å². The number of phenolic OH excluding ortho intramolecular Hbond substituents is 1. The van der Waals surface area contributed by atoms with Crippen molar-refractivity contribution in [1.82, 2.24) is 20.9 Å². The molecule has 3 rings (SSSR count). The van der Waals surface area contributed by atoms with Gasteiger partial charge in [0.15, 0.2) is 0 Å². The number of rotatable bonds is 14. The minimum absolute atomic E-state index is 0.00349. The number of nitrogens with one attached hydrogen (secondary N) is 4. The standard InChI is InChI=1S/C29H36N6O7/c1-15(2)25(31)28(40)34-21(11-16-7-9-18(36)10-8-16)26(38)33-22(27(39)35-23(29(41)42)13-24(30)37)12-17-14-32-20-6-4-3-5-19(17)20/h3-10,14-15,21-23,25,32,36H,11-13,31H2,1-2H3,(H2,30,37)(H,33,38)(H,34,40)(H,35,39)(H,41,42). The van der Waals surface area contributed by atoms with Gasteiger partial charge in [-0.2, -0.15) is 0 Å². The number of carboxylic acid groups (broad SMARTS) is 1. The van der Waals surface area contributed by atoms with E-state index >= 15 is 0 Å². The number of carbonyl (C=O) groups excluding carboxylic acids is 4. The van der Waals surface area contributed by atoms with E-state index < -0.39 is 60.2 Å². The van der Waals surface area contributed by atoms with E-state index in [1.165, 1.54) is 12.1 Å². The average Bonchev–Trinajstić information content (AvgIpc) is 3.34. The number of nitrogens with two attached hydrogens (primary N) is 2. The molecule has 0 fully saturated rings. The Labute approximate surface area is 242 Å². The molecular weight excluding hydrogens is 544 g/mol. The average molecular weight is 581 g/mol. The van der Waals surface area contributed by atoms with Crippen LogP contribution in [0.15, 0.2) is 54.7 Å². The Morgan fingerprint density at radius 1 is 0.833 bits per heavy atom. The Morgan fingerprint density at radius 2 is 1.40 bits per heavy atom. The molecule has 1 heterocycles. The van der Waals surface area contributed by atoms with E-state index in [-0.39, 0.29) is 24.5 Å². The molecule has 4 unspecified atom stereocenters. The highest BCUT2D eigenvalue weighted by atomic mass is 16.4. The number of hydrogen-bond donors (Lipinski definition) is 8. The summed E-state index contributed by atoms with van der Waals surface area (Å²) in [6.07, 6.45) is 0.980.